The summed E-state index contributed by atoms with van der Waals surface area (Å²) in [6.07, 6.45) is 1.24. The van der Waals surface area contributed by atoms with E-state index in [2.05, 4.69) is 41.9 Å². The Hall–Kier alpha value is -3.11. The van der Waals surface area contributed by atoms with Crippen LogP contribution < -0.4 is 5.56 Å². The number of hydrogen-bond acceptors (Lipinski definition) is 6. The lowest BCUT2D eigenvalue weighted by molar-refractivity contribution is -0.402. The van der Waals surface area contributed by atoms with Crippen molar-refractivity contribution in [2.24, 2.45) is 5.10 Å². The van der Waals surface area contributed by atoms with Gasteiger partial charge in [0, 0.05) is 14.5 Å². The van der Waals surface area contributed by atoms with Crippen LogP contribution in [0.15, 0.2) is 77.9 Å². The van der Waals surface area contributed by atoms with Gasteiger partial charge in [0.2, 0.25) is 0 Å². The molecule has 0 spiro atoms. The summed E-state index contributed by atoms with van der Waals surface area (Å²) >= 11 is 6.82. The second-order valence-corrected chi connectivity index (χ2v) is 7.65. The number of fused-ring (bicyclic) bond motifs is 1. The minimum absolute atomic E-state index is 0.137. The molecule has 0 aliphatic rings. The summed E-state index contributed by atoms with van der Waals surface area (Å²) in [6.45, 7) is 0. The largest absolute Gasteiger partial charge is 0.433 e. The van der Waals surface area contributed by atoms with Gasteiger partial charge in [-0.1, -0.05) is 46.3 Å². The summed E-state index contributed by atoms with van der Waals surface area (Å²) < 4.78 is 7.59. The predicted octanol–water partition coefficient (Wildman–Crippen LogP) is 4.97. The van der Waals surface area contributed by atoms with Crippen LogP contribution in [0.2, 0.25) is 0 Å². The number of rotatable bonds is 4. The third-order valence-corrected chi connectivity index (χ3v) is 5.06. The van der Waals surface area contributed by atoms with Gasteiger partial charge >= 0.3 is 5.88 Å². The second-order valence-electron chi connectivity index (χ2n) is 5.88. The van der Waals surface area contributed by atoms with Crippen LogP contribution in [-0.2, 0) is 0 Å². The van der Waals surface area contributed by atoms with Crippen LogP contribution in [0.4, 0.5) is 5.88 Å². The number of hydrogen-bond donors (Lipinski definition) is 0. The van der Waals surface area contributed by atoms with E-state index in [-0.39, 0.29) is 5.76 Å². The smallest absolute Gasteiger partial charge is 0.400 e. The van der Waals surface area contributed by atoms with Crippen molar-refractivity contribution in [1.82, 2.24) is 9.66 Å². The molecule has 0 atom stereocenters. The first kappa shape index (κ1) is 19.2. The highest BCUT2D eigenvalue weighted by Gasteiger charge is 2.16. The highest BCUT2D eigenvalue weighted by atomic mass is 79.9. The Morgan fingerprint density at radius 3 is 2.59 bits per heavy atom. The van der Waals surface area contributed by atoms with E-state index in [1.807, 2.05) is 30.3 Å². The number of halogens is 2. The molecule has 10 heteroatoms. The van der Waals surface area contributed by atoms with Gasteiger partial charge in [-0.25, -0.2) is 4.98 Å². The van der Waals surface area contributed by atoms with E-state index in [9.17, 15) is 14.9 Å². The van der Waals surface area contributed by atoms with E-state index < -0.39 is 16.4 Å². The summed E-state index contributed by atoms with van der Waals surface area (Å²) in [6, 6.07) is 15.2. The zero-order valence-electron chi connectivity index (χ0n) is 14.5. The van der Waals surface area contributed by atoms with Gasteiger partial charge in [0.25, 0.3) is 5.56 Å². The summed E-state index contributed by atoms with van der Waals surface area (Å²) in [5, 5.41) is 15.3. The van der Waals surface area contributed by atoms with E-state index in [0.29, 0.717) is 31.2 Å². The van der Waals surface area contributed by atoms with E-state index >= 15 is 0 Å². The fourth-order valence-electron chi connectivity index (χ4n) is 2.71. The first-order valence-electron chi connectivity index (χ1n) is 8.20. The molecule has 0 fully saturated rings. The molecule has 4 aromatic rings. The molecule has 0 radical (unpaired) electrons. The standard InChI is InChI=1S/C19H10Br2N4O4/c20-12-8-14-17(15(21)9-12)23-18(11-4-2-1-3-5-11)24(19(14)26)22-10-13-6-7-16(29-13)25(27)28/h1-10H/b22-10+. The maximum absolute atomic E-state index is 13.2. The van der Waals surface area contributed by atoms with Crippen LogP contribution in [0.25, 0.3) is 22.3 Å². The van der Waals surface area contributed by atoms with E-state index in [4.69, 9.17) is 4.42 Å². The molecule has 0 saturated carbocycles. The molecule has 8 nitrogen and oxygen atoms in total. The molecular weight excluding hydrogens is 508 g/mol. The van der Waals surface area contributed by atoms with Crippen LogP contribution >= 0.6 is 31.9 Å². The lowest BCUT2D eigenvalue weighted by atomic mass is 10.2. The molecule has 0 bridgehead atoms. The molecule has 2 aromatic carbocycles. The van der Waals surface area contributed by atoms with Gasteiger partial charge < -0.3 is 4.42 Å². The third-order valence-electron chi connectivity index (χ3n) is 3.99. The molecule has 0 aliphatic heterocycles. The molecule has 4 rings (SSSR count). The average molecular weight is 518 g/mol. The Balaban J connectivity index is 1.95. The van der Waals surface area contributed by atoms with Crippen molar-refractivity contribution in [3.63, 3.8) is 0 Å². The zero-order chi connectivity index (χ0) is 20.5. The maximum Gasteiger partial charge on any atom is 0.433 e. The van der Waals surface area contributed by atoms with Gasteiger partial charge in [-0.05, 0) is 34.1 Å². The van der Waals surface area contributed by atoms with Crippen molar-refractivity contribution in [2.75, 3.05) is 0 Å². The third kappa shape index (κ3) is 3.76. The molecule has 0 amide bonds. The van der Waals surface area contributed by atoms with Gasteiger partial charge in [-0.15, -0.1) is 0 Å². The Morgan fingerprint density at radius 1 is 1.14 bits per heavy atom. The maximum atomic E-state index is 13.2. The van der Waals surface area contributed by atoms with Crippen LogP contribution in [0.3, 0.4) is 0 Å². The summed E-state index contributed by atoms with van der Waals surface area (Å²) in [5.41, 5.74) is 0.786. The molecule has 0 saturated heterocycles. The van der Waals surface area contributed by atoms with Crippen molar-refractivity contribution in [3.8, 4) is 11.4 Å². The number of nitrogens with zero attached hydrogens (tertiary/aromatic N) is 4. The summed E-state index contributed by atoms with van der Waals surface area (Å²) in [5.74, 6) is 0.0492. The van der Waals surface area contributed by atoms with Crippen molar-refractivity contribution in [3.05, 3.63) is 89.8 Å². The molecule has 29 heavy (non-hydrogen) atoms. The number of furan rings is 1. The van der Waals surface area contributed by atoms with Gasteiger partial charge in [0.05, 0.1) is 23.2 Å². The average Bonchev–Trinajstić information content (AvgIpc) is 3.18. The molecule has 0 N–H and O–H groups in total. The van der Waals surface area contributed by atoms with Gasteiger partial charge in [0.15, 0.2) is 11.6 Å². The molecule has 0 unspecified atom stereocenters. The summed E-state index contributed by atoms with van der Waals surface area (Å²) in [7, 11) is 0. The first-order valence-corrected chi connectivity index (χ1v) is 9.78. The monoisotopic (exact) mass is 516 g/mol. The SMILES string of the molecule is O=c1c2cc(Br)cc(Br)c2nc(-c2ccccc2)n1/N=C/c1ccc([N+](=O)[O-])o1. The van der Waals surface area contributed by atoms with Crippen molar-refractivity contribution < 1.29 is 9.34 Å². The zero-order valence-corrected chi connectivity index (χ0v) is 17.6. The Morgan fingerprint density at radius 2 is 1.90 bits per heavy atom. The van der Waals surface area contributed by atoms with Crippen molar-refractivity contribution in [1.29, 1.82) is 0 Å². The first-order chi connectivity index (χ1) is 13.9. The quantitative estimate of drug-likeness (QED) is 0.216. The van der Waals surface area contributed by atoms with E-state index in [1.165, 1.54) is 18.3 Å². The predicted molar refractivity (Wildman–Crippen MR) is 115 cm³/mol. The molecule has 0 aliphatic carbocycles. The molecule has 2 aromatic heterocycles. The fourth-order valence-corrected chi connectivity index (χ4v) is 4.03. The van der Waals surface area contributed by atoms with Crippen molar-refractivity contribution in [2.45, 2.75) is 0 Å². The Bertz CT molecular complexity index is 1330. The molecule has 144 valence electrons. The van der Waals surface area contributed by atoms with Crippen LogP contribution in [-0.4, -0.2) is 20.8 Å². The van der Waals surface area contributed by atoms with Crippen LogP contribution in [0.5, 0.6) is 0 Å². The van der Waals surface area contributed by atoms with Crippen LogP contribution in [0.1, 0.15) is 5.76 Å². The highest BCUT2D eigenvalue weighted by molar-refractivity contribution is 9.11. The fraction of sp³-hybridized carbons (Fsp3) is 0. The van der Waals surface area contributed by atoms with Crippen LogP contribution in [0, 0.1) is 10.1 Å². The van der Waals surface area contributed by atoms with E-state index in [1.54, 1.807) is 12.1 Å². The minimum Gasteiger partial charge on any atom is -0.400 e. The number of aromatic nitrogens is 2. The van der Waals surface area contributed by atoms with Crippen molar-refractivity contribution >= 4 is 54.9 Å². The topological polar surface area (TPSA) is 104 Å². The Labute approximate surface area is 179 Å². The summed E-state index contributed by atoms with van der Waals surface area (Å²) in [4.78, 5) is 28.0. The van der Waals surface area contributed by atoms with E-state index in [0.717, 1.165) is 4.68 Å². The van der Waals surface area contributed by atoms with Gasteiger partial charge in [-0.2, -0.15) is 9.78 Å². The van der Waals surface area contributed by atoms with Gasteiger partial charge in [0.1, 0.15) is 4.92 Å². The minimum atomic E-state index is -0.647. The lowest BCUT2D eigenvalue weighted by Gasteiger charge is -2.10. The number of benzene rings is 2. The highest BCUT2D eigenvalue weighted by Crippen LogP contribution is 2.27. The van der Waals surface area contributed by atoms with Gasteiger partial charge in [-0.3, -0.25) is 14.9 Å². The number of nitro groups is 1. The molecule has 2 heterocycles. The normalized spacial score (nSPS) is 11.4. The molecular formula is C19H10Br2N4O4. The lowest BCUT2D eigenvalue weighted by Crippen LogP contribution is -2.20. The Kier molecular flexibility index (Phi) is 5.12. The second kappa shape index (κ2) is 7.72.